The van der Waals surface area contributed by atoms with Crippen LogP contribution in [0.25, 0.3) is 0 Å². The number of aliphatic hydroxyl groups excluding tert-OH is 1. The Hall–Kier alpha value is -3.46. The van der Waals surface area contributed by atoms with E-state index in [1.54, 1.807) is 23.3 Å². The van der Waals surface area contributed by atoms with Gasteiger partial charge in [0.2, 0.25) is 0 Å². The number of fused-ring (bicyclic) bond motifs is 2. The van der Waals surface area contributed by atoms with Crippen molar-refractivity contribution in [2.45, 2.75) is 25.4 Å². The molecule has 1 amide bonds. The van der Waals surface area contributed by atoms with E-state index in [1.807, 2.05) is 18.3 Å². The number of nitrogens with zero attached hydrogens (tertiary/aromatic N) is 5. The zero-order valence-electron chi connectivity index (χ0n) is 18.3. The quantitative estimate of drug-likeness (QED) is 0.524. The summed E-state index contributed by atoms with van der Waals surface area (Å²) in [6.07, 6.45) is 8.57. The molecule has 3 aliphatic rings. The van der Waals surface area contributed by atoms with Gasteiger partial charge in [0.15, 0.2) is 0 Å². The number of nitrogen functional groups attached to an aromatic ring is 1. The number of carbonyl (C=O) groups excluding carboxylic acids is 1. The third-order valence-corrected chi connectivity index (χ3v) is 7.44. The topological polar surface area (TPSA) is 122 Å². The van der Waals surface area contributed by atoms with Gasteiger partial charge in [0.05, 0.1) is 24.3 Å². The lowest BCUT2D eigenvalue weighted by molar-refractivity contribution is 0.0936. The number of aliphatic hydroxyl groups is 1. The molecule has 1 aliphatic heterocycles. The maximum Gasteiger partial charge on any atom is 0.254 e. The third kappa shape index (κ3) is 3.62. The molecule has 2 aliphatic carbocycles. The van der Waals surface area contributed by atoms with Crippen molar-refractivity contribution in [3.05, 3.63) is 65.2 Å². The van der Waals surface area contributed by atoms with Crippen LogP contribution < -0.4 is 16.0 Å². The molecule has 33 heavy (non-hydrogen) atoms. The molecule has 0 spiro atoms. The van der Waals surface area contributed by atoms with E-state index in [4.69, 9.17) is 5.73 Å². The van der Waals surface area contributed by atoms with Crippen molar-refractivity contribution < 1.29 is 9.90 Å². The van der Waals surface area contributed by atoms with Crippen molar-refractivity contribution in [2.75, 3.05) is 30.3 Å². The summed E-state index contributed by atoms with van der Waals surface area (Å²) in [6.45, 7) is 2.81. The van der Waals surface area contributed by atoms with Gasteiger partial charge in [0.25, 0.3) is 5.91 Å². The minimum Gasteiger partial charge on any atom is -0.396 e. The Morgan fingerprint density at radius 3 is 2.79 bits per heavy atom. The van der Waals surface area contributed by atoms with E-state index in [2.05, 4.69) is 31.3 Å². The SMILES string of the molecule is Nc1nccc2c1CC[C@H]2NC(=O)c1cnn(Cc2ccc(N3C[C@@H]4C(CO)[C@@H]4C3)nc2)c1. The average Bonchev–Trinajstić information content (AvgIpc) is 3.27. The second kappa shape index (κ2) is 7.84. The maximum atomic E-state index is 12.8. The molecular formula is C24H27N7O2. The number of hydrogen-bond donors (Lipinski definition) is 3. The molecule has 170 valence electrons. The molecule has 2 fully saturated rings. The van der Waals surface area contributed by atoms with Gasteiger partial charge in [0, 0.05) is 38.3 Å². The molecule has 3 aromatic rings. The lowest BCUT2D eigenvalue weighted by Crippen LogP contribution is -2.26. The number of nitrogens with one attached hydrogen (secondary N) is 1. The molecule has 9 nitrogen and oxygen atoms in total. The first-order valence-electron chi connectivity index (χ1n) is 11.5. The number of hydrogen-bond acceptors (Lipinski definition) is 7. The molecule has 0 bridgehead atoms. The van der Waals surface area contributed by atoms with Gasteiger partial charge in [-0.15, -0.1) is 0 Å². The predicted molar refractivity (Wildman–Crippen MR) is 123 cm³/mol. The summed E-state index contributed by atoms with van der Waals surface area (Å²) < 4.78 is 1.76. The van der Waals surface area contributed by atoms with Gasteiger partial charge < -0.3 is 21.1 Å². The molecule has 4 atom stereocenters. The number of carbonyl (C=O) groups is 1. The number of amides is 1. The Kier molecular flexibility index (Phi) is 4.79. The molecular weight excluding hydrogens is 418 g/mol. The highest BCUT2D eigenvalue weighted by Crippen LogP contribution is 2.51. The van der Waals surface area contributed by atoms with Crippen molar-refractivity contribution in [1.82, 2.24) is 25.1 Å². The third-order valence-electron chi connectivity index (χ3n) is 7.44. The zero-order chi connectivity index (χ0) is 22.5. The first kappa shape index (κ1) is 20.2. The molecule has 0 aromatic carbocycles. The summed E-state index contributed by atoms with van der Waals surface area (Å²) >= 11 is 0. The number of pyridine rings is 2. The lowest BCUT2D eigenvalue weighted by Gasteiger charge is -2.20. The molecule has 1 saturated carbocycles. The van der Waals surface area contributed by atoms with Gasteiger partial charge in [-0.25, -0.2) is 9.97 Å². The van der Waals surface area contributed by atoms with Crippen LogP contribution in [0.3, 0.4) is 0 Å². The fourth-order valence-corrected chi connectivity index (χ4v) is 5.52. The number of nitrogens with two attached hydrogens (primary N) is 1. The van der Waals surface area contributed by atoms with Gasteiger partial charge in [-0.1, -0.05) is 6.07 Å². The van der Waals surface area contributed by atoms with E-state index in [1.165, 1.54) is 0 Å². The minimum atomic E-state index is -0.142. The Labute approximate surface area is 191 Å². The summed E-state index contributed by atoms with van der Waals surface area (Å²) in [5.41, 5.74) is 9.61. The van der Waals surface area contributed by atoms with E-state index in [-0.39, 0.29) is 11.9 Å². The minimum absolute atomic E-state index is 0.0535. The highest BCUT2D eigenvalue weighted by molar-refractivity contribution is 5.94. The van der Waals surface area contributed by atoms with Crippen LogP contribution in [0.4, 0.5) is 11.6 Å². The second-order valence-corrected chi connectivity index (χ2v) is 9.36. The highest BCUT2D eigenvalue weighted by Gasteiger charge is 2.55. The zero-order valence-corrected chi connectivity index (χ0v) is 18.3. The molecule has 9 heteroatoms. The fraction of sp³-hybridized carbons (Fsp3) is 0.417. The van der Waals surface area contributed by atoms with E-state index in [9.17, 15) is 9.90 Å². The summed E-state index contributed by atoms with van der Waals surface area (Å²) in [7, 11) is 0. The highest BCUT2D eigenvalue weighted by atomic mass is 16.3. The number of rotatable bonds is 6. The lowest BCUT2D eigenvalue weighted by atomic mass is 10.1. The Morgan fingerprint density at radius 1 is 1.18 bits per heavy atom. The molecule has 4 heterocycles. The Balaban J connectivity index is 1.07. The smallest absolute Gasteiger partial charge is 0.254 e. The van der Waals surface area contributed by atoms with Crippen LogP contribution in [0.1, 0.15) is 39.5 Å². The number of piperidine rings is 1. The molecule has 0 radical (unpaired) electrons. The van der Waals surface area contributed by atoms with Crippen LogP contribution in [0.5, 0.6) is 0 Å². The van der Waals surface area contributed by atoms with Gasteiger partial charge in [-0.2, -0.15) is 5.10 Å². The Bertz CT molecular complexity index is 1180. The number of anilines is 2. The largest absolute Gasteiger partial charge is 0.396 e. The maximum absolute atomic E-state index is 12.8. The van der Waals surface area contributed by atoms with Crippen molar-refractivity contribution in [3.63, 3.8) is 0 Å². The van der Waals surface area contributed by atoms with Crippen LogP contribution in [0.2, 0.25) is 0 Å². The van der Waals surface area contributed by atoms with Crippen molar-refractivity contribution >= 4 is 17.5 Å². The van der Waals surface area contributed by atoms with Gasteiger partial charge >= 0.3 is 0 Å². The summed E-state index contributed by atoms with van der Waals surface area (Å²) in [5.74, 6) is 3.12. The van der Waals surface area contributed by atoms with Gasteiger partial charge in [0.1, 0.15) is 11.6 Å². The van der Waals surface area contributed by atoms with Crippen LogP contribution in [-0.2, 0) is 13.0 Å². The summed E-state index contributed by atoms with van der Waals surface area (Å²) in [6, 6.07) is 5.98. The molecule has 4 N–H and O–H groups in total. The first-order chi connectivity index (χ1) is 16.1. The van der Waals surface area contributed by atoms with E-state index in [0.29, 0.717) is 42.3 Å². The van der Waals surface area contributed by atoms with E-state index in [0.717, 1.165) is 48.4 Å². The van der Waals surface area contributed by atoms with E-state index < -0.39 is 0 Å². The molecule has 1 saturated heterocycles. The summed E-state index contributed by atoms with van der Waals surface area (Å²) in [4.78, 5) is 23.9. The Morgan fingerprint density at radius 2 is 2.03 bits per heavy atom. The molecule has 6 rings (SSSR count). The molecule has 3 aromatic heterocycles. The fourth-order valence-electron chi connectivity index (χ4n) is 5.52. The van der Waals surface area contributed by atoms with E-state index >= 15 is 0 Å². The van der Waals surface area contributed by atoms with Crippen LogP contribution in [0, 0.1) is 17.8 Å². The average molecular weight is 446 g/mol. The predicted octanol–water partition coefficient (Wildman–Crippen LogP) is 1.40. The standard InChI is InChI=1S/C24H27N7O2/c25-23-17-2-3-21(16(17)5-6-26-23)29-24(33)15-8-28-31(10-15)9-14-1-4-22(27-7-14)30-11-18-19(12-30)20(18)13-32/h1,4-8,10,18-21,32H,2-3,9,11-13H2,(H2,25,26)(H,29,33)/t18-,19+,20?,21-/m1/s1. The summed E-state index contributed by atoms with van der Waals surface area (Å²) in [5, 5.41) is 16.8. The monoisotopic (exact) mass is 445 g/mol. The van der Waals surface area contributed by atoms with Crippen molar-refractivity contribution in [3.8, 4) is 0 Å². The van der Waals surface area contributed by atoms with Crippen LogP contribution >= 0.6 is 0 Å². The van der Waals surface area contributed by atoms with Gasteiger partial charge in [-0.3, -0.25) is 9.48 Å². The molecule has 1 unspecified atom stereocenters. The van der Waals surface area contributed by atoms with Crippen LogP contribution in [-0.4, -0.2) is 50.5 Å². The normalized spacial score (nSPS) is 25.1. The van der Waals surface area contributed by atoms with Crippen molar-refractivity contribution in [1.29, 1.82) is 0 Å². The van der Waals surface area contributed by atoms with Crippen LogP contribution in [0.15, 0.2) is 43.0 Å². The first-order valence-corrected chi connectivity index (χ1v) is 11.5. The second-order valence-electron chi connectivity index (χ2n) is 9.36. The van der Waals surface area contributed by atoms with Crippen molar-refractivity contribution in [2.24, 2.45) is 17.8 Å². The number of aromatic nitrogens is 4. The van der Waals surface area contributed by atoms with Gasteiger partial charge in [-0.05, 0) is 59.4 Å².